The summed E-state index contributed by atoms with van der Waals surface area (Å²) in [5.41, 5.74) is 6.68. The topological polar surface area (TPSA) is 64.6 Å². The molecule has 2 saturated heterocycles. The summed E-state index contributed by atoms with van der Waals surface area (Å²) in [5.74, 6) is 1.06. The number of carbonyl (C=O) groups excluding carboxylic acids is 1. The maximum absolute atomic E-state index is 12.6. The van der Waals surface area contributed by atoms with Crippen LogP contribution in [0.4, 0.5) is 17.2 Å². The van der Waals surface area contributed by atoms with Gasteiger partial charge in [-0.25, -0.2) is 4.98 Å². The van der Waals surface area contributed by atoms with Gasteiger partial charge in [-0.2, -0.15) is 0 Å². The molecule has 3 aromatic rings. The summed E-state index contributed by atoms with van der Waals surface area (Å²) in [6.45, 7) is 7.85. The Labute approximate surface area is 206 Å². The second kappa shape index (κ2) is 9.30. The fraction of sp³-hybridized carbons (Fsp3) is 0.393. The van der Waals surface area contributed by atoms with Crippen molar-refractivity contribution in [2.45, 2.75) is 38.8 Å². The number of hydrogen-bond acceptors (Lipinski definition) is 6. The van der Waals surface area contributed by atoms with E-state index in [4.69, 9.17) is 4.98 Å². The van der Waals surface area contributed by atoms with Gasteiger partial charge in [0.2, 0.25) is 5.91 Å². The van der Waals surface area contributed by atoms with Crippen LogP contribution in [0.5, 0.6) is 0 Å². The maximum atomic E-state index is 12.6. The van der Waals surface area contributed by atoms with Crippen molar-refractivity contribution in [2.75, 3.05) is 47.8 Å². The van der Waals surface area contributed by atoms with E-state index in [0.29, 0.717) is 0 Å². The molecule has 1 amide bonds. The monoisotopic (exact) mass is 468 g/mol. The molecule has 2 aromatic heterocycles. The minimum Gasteiger partial charge on any atom is -0.369 e. The van der Waals surface area contributed by atoms with E-state index in [0.717, 1.165) is 86.9 Å². The second-order valence-electron chi connectivity index (χ2n) is 9.94. The third kappa shape index (κ3) is 4.48. The molecule has 0 aliphatic carbocycles. The van der Waals surface area contributed by atoms with Crippen molar-refractivity contribution >= 4 is 23.1 Å². The Hall–Kier alpha value is -3.45. The lowest BCUT2D eigenvalue weighted by Crippen LogP contribution is -2.51. The smallest absolute Gasteiger partial charge is 0.247 e. The van der Waals surface area contributed by atoms with Gasteiger partial charge in [0.05, 0.1) is 11.4 Å². The number of carbonyl (C=O) groups is 1. The first-order valence-corrected chi connectivity index (χ1v) is 12.7. The Morgan fingerprint density at radius 3 is 2.60 bits per heavy atom. The molecule has 35 heavy (non-hydrogen) atoms. The zero-order valence-electron chi connectivity index (χ0n) is 20.3. The molecular weight excluding hydrogens is 436 g/mol. The average molecular weight is 469 g/mol. The van der Waals surface area contributed by atoms with Crippen LogP contribution in [0.2, 0.25) is 0 Å². The van der Waals surface area contributed by atoms with Crippen LogP contribution in [0.3, 0.4) is 0 Å². The van der Waals surface area contributed by atoms with Crippen molar-refractivity contribution in [1.82, 2.24) is 14.9 Å². The Bertz CT molecular complexity index is 1220. The predicted octanol–water partition coefficient (Wildman–Crippen LogP) is 4.09. The van der Waals surface area contributed by atoms with Crippen LogP contribution in [0, 0.1) is 6.92 Å². The molecule has 0 spiro atoms. The zero-order chi connectivity index (χ0) is 23.8. The van der Waals surface area contributed by atoms with Gasteiger partial charge in [-0.3, -0.25) is 14.7 Å². The molecule has 0 saturated carbocycles. The first-order chi connectivity index (χ1) is 17.1. The number of piperidine rings is 1. The van der Waals surface area contributed by atoms with Crippen molar-refractivity contribution in [3.63, 3.8) is 0 Å². The molecule has 1 N–H and O–H groups in total. The molecular formula is C28H32N6O. The Morgan fingerprint density at radius 1 is 0.971 bits per heavy atom. The maximum Gasteiger partial charge on any atom is 0.247 e. The highest BCUT2D eigenvalue weighted by Gasteiger charge is 2.35. The number of nitrogens with one attached hydrogen (secondary N) is 1. The summed E-state index contributed by atoms with van der Waals surface area (Å²) in [6.07, 6.45) is 7.02. The van der Waals surface area contributed by atoms with Gasteiger partial charge in [-0.05, 0) is 67.6 Å². The molecule has 180 valence electrons. The van der Waals surface area contributed by atoms with E-state index in [1.165, 1.54) is 11.3 Å². The fourth-order valence-corrected chi connectivity index (χ4v) is 5.54. The van der Waals surface area contributed by atoms with E-state index in [9.17, 15) is 4.79 Å². The van der Waals surface area contributed by atoms with Crippen LogP contribution in [-0.4, -0.2) is 59.5 Å². The van der Waals surface area contributed by atoms with Crippen LogP contribution in [0.15, 0.2) is 54.9 Å². The molecule has 1 atom stereocenters. The number of nitrogens with zero attached hydrogens (tertiary/aromatic N) is 5. The van der Waals surface area contributed by atoms with Crippen molar-refractivity contribution in [2.24, 2.45) is 0 Å². The Morgan fingerprint density at radius 2 is 1.80 bits per heavy atom. The van der Waals surface area contributed by atoms with Crippen LogP contribution in [0.1, 0.15) is 30.4 Å². The van der Waals surface area contributed by atoms with E-state index >= 15 is 0 Å². The predicted molar refractivity (Wildman–Crippen MR) is 140 cm³/mol. The van der Waals surface area contributed by atoms with Crippen LogP contribution >= 0.6 is 0 Å². The lowest BCUT2D eigenvalue weighted by atomic mass is 9.99. The van der Waals surface area contributed by atoms with Crippen molar-refractivity contribution in [1.29, 1.82) is 0 Å². The van der Waals surface area contributed by atoms with E-state index in [1.807, 2.05) is 18.5 Å². The lowest BCUT2D eigenvalue weighted by molar-refractivity contribution is -0.118. The molecule has 5 heterocycles. The molecule has 7 heteroatoms. The van der Waals surface area contributed by atoms with Gasteiger partial charge in [0.1, 0.15) is 6.04 Å². The molecule has 3 aliphatic heterocycles. The number of aromatic nitrogens is 2. The largest absolute Gasteiger partial charge is 0.369 e. The minimum atomic E-state index is -0.0511. The zero-order valence-corrected chi connectivity index (χ0v) is 20.3. The molecule has 0 unspecified atom stereocenters. The fourth-order valence-electron chi connectivity index (χ4n) is 5.54. The molecule has 6 rings (SSSR count). The number of anilines is 3. The van der Waals surface area contributed by atoms with Crippen LogP contribution in [-0.2, 0) is 11.3 Å². The first kappa shape index (κ1) is 22.0. The molecule has 3 aliphatic rings. The van der Waals surface area contributed by atoms with Gasteiger partial charge in [-0.1, -0.05) is 12.1 Å². The number of amides is 1. The second-order valence-corrected chi connectivity index (χ2v) is 9.94. The molecule has 2 fully saturated rings. The van der Waals surface area contributed by atoms with E-state index in [-0.39, 0.29) is 11.9 Å². The van der Waals surface area contributed by atoms with Gasteiger partial charge in [0, 0.05) is 62.9 Å². The summed E-state index contributed by atoms with van der Waals surface area (Å²) in [7, 11) is 0. The molecule has 0 bridgehead atoms. The number of aryl methyl sites for hydroxylation is 1. The highest BCUT2D eigenvalue weighted by atomic mass is 16.2. The third-order valence-corrected chi connectivity index (χ3v) is 7.48. The average Bonchev–Trinajstić information content (AvgIpc) is 2.89. The number of hydrogen-bond donors (Lipinski definition) is 1. The van der Waals surface area contributed by atoms with E-state index in [2.05, 4.69) is 68.3 Å². The Kier molecular flexibility index (Phi) is 5.86. The number of benzene rings is 1. The normalized spacial score (nSPS) is 20.3. The summed E-state index contributed by atoms with van der Waals surface area (Å²) in [4.78, 5) is 29.0. The van der Waals surface area contributed by atoms with Crippen molar-refractivity contribution in [3.05, 3.63) is 66.0 Å². The number of pyridine rings is 2. The van der Waals surface area contributed by atoms with E-state index < -0.39 is 0 Å². The number of piperazine rings is 1. The van der Waals surface area contributed by atoms with Crippen LogP contribution < -0.4 is 15.1 Å². The Balaban J connectivity index is 1.07. The highest BCUT2D eigenvalue weighted by molar-refractivity contribution is 6.02. The molecule has 7 nitrogen and oxygen atoms in total. The van der Waals surface area contributed by atoms with Crippen molar-refractivity contribution < 1.29 is 4.79 Å². The van der Waals surface area contributed by atoms with Gasteiger partial charge in [-0.15, -0.1) is 0 Å². The first-order valence-electron chi connectivity index (χ1n) is 12.7. The SMILES string of the molecule is Cc1ccnc(-c2ccc(N3CCN(Cc4cnc5c(c4)NC(=O)[C@@H]4CCCCN54)CC3)cc2)c1. The van der Waals surface area contributed by atoms with E-state index in [1.54, 1.807) is 0 Å². The van der Waals surface area contributed by atoms with Gasteiger partial charge < -0.3 is 15.1 Å². The third-order valence-electron chi connectivity index (χ3n) is 7.48. The summed E-state index contributed by atoms with van der Waals surface area (Å²) in [6, 6.07) is 15.0. The minimum absolute atomic E-state index is 0.0511. The quantitative estimate of drug-likeness (QED) is 0.622. The number of rotatable bonds is 4. The van der Waals surface area contributed by atoms with Gasteiger partial charge >= 0.3 is 0 Å². The van der Waals surface area contributed by atoms with Gasteiger partial charge in [0.25, 0.3) is 0 Å². The van der Waals surface area contributed by atoms with Crippen LogP contribution in [0.25, 0.3) is 11.3 Å². The molecule has 0 radical (unpaired) electrons. The summed E-state index contributed by atoms with van der Waals surface area (Å²) in [5, 5.41) is 3.11. The standard InChI is InChI=1S/C28H32N6O/c1-20-9-10-29-24(16-20)22-5-7-23(8-6-22)33-14-12-32(13-15-33)19-21-17-25-27(30-18-21)34-11-3-2-4-26(34)28(35)31-25/h5-10,16-18,26H,2-4,11-15,19H2,1H3,(H,31,35)/t26-/m0/s1. The lowest BCUT2D eigenvalue weighted by Gasteiger charge is -2.40. The molecule has 1 aromatic carbocycles. The highest BCUT2D eigenvalue weighted by Crippen LogP contribution is 2.35. The summed E-state index contributed by atoms with van der Waals surface area (Å²) < 4.78 is 0. The summed E-state index contributed by atoms with van der Waals surface area (Å²) >= 11 is 0. The van der Waals surface area contributed by atoms with Gasteiger partial charge in [0.15, 0.2) is 5.82 Å². The van der Waals surface area contributed by atoms with Crippen molar-refractivity contribution in [3.8, 4) is 11.3 Å². The number of fused-ring (bicyclic) bond motifs is 3.